The Morgan fingerprint density at radius 2 is 1.80 bits per heavy atom. The molecule has 0 aliphatic carbocycles. The van der Waals surface area contributed by atoms with Crippen LogP contribution in [0.3, 0.4) is 0 Å². The number of hydrogen-bond donors (Lipinski definition) is 2. The molecule has 0 aromatic rings. The monoisotopic (exact) mass is 289 g/mol. The molecule has 0 amide bonds. The van der Waals surface area contributed by atoms with Crippen LogP contribution in [0.5, 0.6) is 0 Å². The minimum absolute atomic E-state index is 0. The van der Waals surface area contributed by atoms with Crippen LogP contribution in [0.1, 0.15) is 0 Å². The second kappa shape index (κ2) is 4.57. The summed E-state index contributed by atoms with van der Waals surface area (Å²) in [5.41, 5.74) is 4.40. The van der Waals surface area contributed by atoms with Crippen LogP contribution in [0.15, 0.2) is 0 Å². The summed E-state index contributed by atoms with van der Waals surface area (Å²) in [5, 5.41) is 7.06. The molecular formula is CH6BiNOS. The van der Waals surface area contributed by atoms with Gasteiger partial charge in [0.25, 0.3) is 5.17 Å². The van der Waals surface area contributed by atoms with E-state index in [1.54, 1.807) is 0 Å². The first-order valence-electron chi connectivity index (χ1n) is 0.716. The SMILES string of the molecule is NC(O)=S.[BiH3]. The number of thiocarbonyl (C=S) groups is 1. The predicted molar refractivity (Wildman–Crippen MR) is 29.4 cm³/mol. The maximum absolute atomic E-state index is 7.56. The quantitative estimate of drug-likeness (QED) is 0.426. The van der Waals surface area contributed by atoms with Crippen molar-refractivity contribution in [3.63, 3.8) is 0 Å². The fourth-order valence-corrected chi connectivity index (χ4v) is 0. The van der Waals surface area contributed by atoms with E-state index >= 15 is 0 Å². The van der Waals surface area contributed by atoms with Crippen LogP contribution in [-0.4, -0.2) is 36.5 Å². The fraction of sp³-hybridized carbons (Fsp3) is 0. The summed E-state index contributed by atoms with van der Waals surface area (Å²) in [6.45, 7) is 0. The normalized spacial score (nSPS) is 4.80. The first-order chi connectivity index (χ1) is 1.73. The van der Waals surface area contributed by atoms with Crippen LogP contribution in [-0.2, 0) is 0 Å². The first kappa shape index (κ1) is 9.13. The van der Waals surface area contributed by atoms with Gasteiger partial charge in [0.2, 0.25) is 0 Å². The molecule has 0 bridgehead atoms. The summed E-state index contributed by atoms with van der Waals surface area (Å²) < 4.78 is 0. The van der Waals surface area contributed by atoms with E-state index in [2.05, 4.69) is 18.0 Å². The number of aliphatic hydroxyl groups excluding tert-OH is 1. The molecular weight excluding hydrogens is 283 g/mol. The average Bonchev–Trinajstić information content (AvgIpc) is 0.811. The Morgan fingerprint density at radius 1 is 1.80 bits per heavy atom. The van der Waals surface area contributed by atoms with Crippen molar-refractivity contribution in [2.24, 2.45) is 5.73 Å². The molecule has 0 saturated heterocycles. The third kappa shape index (κ3) is 92.2. The molecule has 32 valence electrons. The van der Waals surface area contributed by atoms with E-state index < -0.39 is 5.17 Å². The Hall–Kier alpha value is 0.573. The molecule has 0 aromatic carbocycles. The van der Waals surface area contributed by atoms with Crippen LogP contribution in [0.25, 0.3) is 0 Å². The molecule has 0 spiro atoms. The van der Waals surface area contributed by atoms with Gasteiger partial charge in [-0.1, -0.05) is 0 Å². The topological polar surface area (TPSA) is 46.2 Å². The molecule has 0 aromatic heterocycles. The first-order valence-corrected chi connectivity index (χ1v) is 1.12. The Labute approximate surface area is 54.5 Å². The van der Waals surface area contributed by atoms with Crippen molar-refractivity contribution in [1.29, 1.82) is 0 Å². The van der Waals surface area contributed by atoms with Crippen LogP contribution < -0.4 is 5.73 Å². The van der Waals surface area contributed by atoms with E-state index in [0.29, 0.717) is 0 Å². The van der Waals surface area contributed by atoms with Gasteiger partial charge in [-0.3, -0.25) is 0 Å². The predicted octanol–water partition coefficient (Wildman–Crippen LogP) is -1.40. The van der Waals surface area contributed by atoms with Gasteiger partial charge in [-0.15, -0.1) is 0 Å². The van der Waals surface area contributed by atoms with Crippen molar-refractivity contribution in [2.75, 3.05) is 0 Å². The summed E-state index contributed by atoms with van der Waals surface area (Å²) in [5.74, 6) is 0. The molecule has 0 radical (unpaired) electrons. The van der Waals surface area contributed by atoms with Gasteiger partial charge in [-0.2, -0.15) is 0 Å². The van der Waals surface area contributed by atoms with E-state index in [4.69, 9.17) is 5.11 Å². The van der Waals surface area contributed by atoms with E-state index in [1.807, 2.05) is 0 Å². The molecule has 2 nitrogen and oxygen atoms in total. The molecule has 0 rings (SSSR count). The van der Waals surface area contributed by atoms with Gasteiger partial charge in [-0.25, -0.2) is 0 Å². The number of aliphatic hydroxyl groups is 1. The van der Waals surface area contributed by atoms with E-state index in [9.17, 15) is 0 Å². The van der Waals surface area contributed by atoms with Gasteiger partial charge in [0.05, 0.1) is 0 Å². The van der Waals surface area contributed by atoms with Crippen molar-refractivity contribution in [1.82, 2.24) is 0 Å². The number of hydrogen-bond acceptors (Lipinski definition) is 1. The van der Waals surface area contributed by atoms with Crippen molar-refractivity contribution in [3.05, 3.63) is 0 Å². The molecule has 3 N–H and O–H groups in total. The Kier molecular flexibility index (Phi) is 8.35. The van der Waals surface area contributed by atoms with Gasteiger partial charge in [0.15, 0.2) is 0 Å². The van der Waals surface area contributed by atoms with Gasteiger partial charge in [0.1, 0.15) is 0 Å². The van der Waals surface area contributed by atoms with E-state index in [0.717, 1.165) is 0 Å². The maximum atomic E-state index is 7.56. The summed E-state index contributed by atoms with van der Waals surface area (Å²) in [4.78, 5) is 0. The zero-order chi connectivity index (χ0) is 3.58. The van der Waals surface area contributed by atoms with Crippen molar-refractivity contribution in [3.8, 4) is 0 Å². The molecule has 0 aliphatic heterocycles. The molecule has 5 heavy (non-hydrogen) atoms. The second-order valence-electron chi connectivity index (χ2n) is 0.338. The second-order valence-corrected chi connectivity index (χ2v) is 0.757. The molecule has 0 saturated carbocycles. The third-order valence-corrected chi connectivity index (χ3v) is 0. The number of rotatable bonds is 0. The zero-order valence-electron chi connectivity index (χ0n) is 2.64. The van der Waals surface area contributed by atoms with Crippen molar-refractivity contribution >= 4 is 43.6 Å². The zero-order valence-corrected chi connectivity index (χ0v) is 8.95. The van der Waals surface area contributed by atoms with Crippen molar-refractivity contribution in [2.45, 2.75) is 0 Å². The van der Waals surface area contributed by atoms with Crippen LogP contribution in [0, 0.1) is 0 Å². The molecule has 4 heteroatoms. The van der Waals surface area contributed by atoms with Gasteiger partial charge in [0, 0.05) is 0 Å². The van der Waals surface area contributed by atoms with E-state index in [-0.39, 0.29) is 26.2 Å². The van der Waals surface area contributed by atoms with Gasteiger partial charge in [-0.05, 0) is 12.2 Å². The summed E-state index contributed by atoms with van der Waals surface area (Å²) in [6.07, 6.45) is 0. The minimum atomic E-state index is -0.500. The number of nitrogens with two attached hydrogens (primary N) is 1. The van der Waals surface area contributed by atoms with Crippen molar-refractivity contribution < 1.29 is 5.11 Å². The molecule has 0 atom stereocenters. The van der Waals surface area contributed by atoms with Crippen LogP contribution >= 0.6 is 12.2 Å². The van der Waals surface area contributed by atoms with E-state index in [1.165, 1.54) is 0 Å². The average molecular weight is 289 g/mol. The Morgan fingerprint density at radius 3 is 1.80 bits per heavy atom. The van der Waals surface area contributed by atoms with Crippen LogP contribution in [0.2, 0.25) is 0 Å². The molecule has 0 heterocycles. The van der Waals surface area contributed by atoms with Gasteiger partial charge < -0.3 is 10.8 Å². The summed E-state index contributed by atoms with van der Waals surface area (Å²) in [6, 6.07) is 0. The third-order valence-electron chi connectivity index (χ3n) is 0. The summed E-state index contributed by atoms with van der Waals surface area (Å²) >= 11 is 3.87. The standard InChI is InChI=1S/CH3NOS.Bi.3H/c2-1(3)4;;;;/h(H3,2,3,4);;;;. The molecule has 0 aliphatic rings. The Bertz CT molecular complexity index is 34.6. The molecule has 0 fully saturated rings. The van der Waals surface area contributed by atoms with Crippen LogP contribution in [0.4, 0.5) is 0 Å². The van der Waals surface area contributed by atoms with Gasteiger partial charge >= 0.3 is 26.2 Å². The Balaban J connectivity index is 0. The molecule has 0 unspecified atom stereocenters. The summed E-state index contributed by atoms with van der Waals surface area (Å²) in [7, 11) is 0. The fourth-order valence-electron chi connectivity index (χ4n) is 0.